The molecule has 2 saturated heterocycles. The first-order chi connectivity index (χ1) is 9.15. The van der Waals surface area contributed by atoms with Crippen LogP contribution in [0.5, 0.6) is 0 Å². The van der Waals surface area contributed by atoms with E-state index >= 15 is 0 Å². The number of halogens is 2. The van der Waals surface area contributed by atoms with Gasteiger partial charge in [0.15, 0.2) is 0 Å². The molecular formula is C15H20BrClO2. The summed E-state index contributed by atoms with van der Waals surface area (Å²) in [6, 6.07) is 0. The Morgan fingerprint density at radius 1 is 1.42 bits per heavy atom. The average molecular weight is 348 g/mol. The highest BCUT2D eigenvalue weighted by Crippen LogP contribution is 2.39. The number of rotatable bonds is 4. The van der Waals surface area contributed by atoms with Crippen molar-refractivity contribution in [3.63, 3.8) is 0 Å². The van der Waals surface area contributed by atoms with Crippen molar-refractivity contribution in [2.75, 3.05) is 0 Å². The molecule has 0 bridgehead atoms. The summed E-state index contributed by atoms with van der Waals surface area (Å²) < 4.78 is 11.9. The van der Waals surface area contributed by atoms with Crippen LogP contribution in [0.25, 0.3) is 0 Å². The fourth-order valence-corrected chi connectivity index (χ4v) is 3.21. The van der Waals surface area contributed by atoms with Gasteiger partial charge in [-0.3, -0.25) is 0 Å². The van der Waals surface area contributed by atoms with Crippen LogP contribution in [-0.2, 0) is 9.47 Å². The highest BCUT2D eigenvalue weighted by atomic mass is 79.9. The van der Waals surface area contributed by atoms with E-state index in [4.69, 9.17) is 27.5 Å². The van der Waals surface area contributed by atoms with E-state index in [1.807, 2.05) is 6.08 Å². The molecular weight excluding hydrogens is 328 g/mol. The minimum Gasteiger partial charge on any atom is -0.372 e. The predicted molar refractivity (Wildman–Crippen MR) is 81.8 cm³/mol. The number of allylic oxidation sites excluding steroid dienone is 1. The van der Waals surface area contributed by atoms with E-state index in [1.54, 1.807) is 6.08 Å². The van der Waals surface area contributed by atoms with Crippen molar-refractivity contribution >= 4 is 27.5 Å². The Morgan fingerprint density at radius 2 is 2.16 bits per heavy atom. The Morgan fingerprint density at radius 3 is 2.84 bits per heavy atom. The van der Waals surface area contributed by atoms with E-state index in [0.717, 1.165) is 25.7 Å². The first-order valence-corrected chi connectivity index (χ1v) is 8.21. The maximum absolute atomic E-state index is 6.47. The van der Waals surface area contributed by atoms with E-state index < -0.39 is 0 Å². The fraction of sp³-hybridized carbons (Fsp3) is 0.733. The third-order valence-electron chi connectivity index (χ3n) is 3.74. The summed E-state index contributed by atoms with van der Waals surface area (Å²) in [6.07, 6.45) is 13.3. The van der Waals surface area contributed by atoms with Gasteiger partial charge in [0, 0.05) is 11.2 Å². The van der Waals surface area contributed by atoms with Gasteiger partial charge in [-0.05, 0) is 25.3 Å². The van der Waals surface area contributed by atoms with Crippen LogP contribution in [0, 0.1) is 12.3 Å². The van der Waals surface area contributed by atoms with Gasteiger partial charge in [0.05, 0.1) is 29.8 Å². The van der Waals surface area contributed by atoms with Crippen molar-refractivity contribution in [2.24, 2.45) is 0 Å². The predicted octanol–water partition coefficient (Wildman–Crippen LogP) is 3.66. The smallest absolute Gasteiger partial charge is 0.0867 e. The average Bonchev–Trinajstić information content (AvgIpc) is 3.11. The van der Waals surface area contributed by atoms with Crippen molar-refractivity contribution in [1.29, 1.82) is 0 Å². The lowest BCUT2D eigenvalue weighted by Gasteiger charge is -2.31. The molecule has 0 amide bonds. The molecule has 0 spiro atoms. The summed E-state index contributed by atoms with van der Waals surface area (Å²) in [7, 11) is 0. The topological polar surface area (TPSA) is 21.8 Å². The second-order valence-corrected chi connectivity index (χ2v) is 6.88. The van der Waals surface area contributed by atoms with E-state index in [1.165, 1.54) is 0 Å². The molecule has 0 aliphatic carbocycles. The van der Waals surface area contributed by atoms with Gasteiger partial charge in [-0.2, -0.15) is 0 Å². The van der Waals surface area contributed by atoms with Crippen LogP contribution >= 0.6 is 27.5 Å². The second-order valence-electron chi connectivity index (χ2n) is 5.14. The molecule has 2 aliphatic rings. The molecule has 6 atom stereocenters. The first kappa shape index (κ1) is 15.4. The highest BCUT2D eigenvalue weighted by Gasteiger charge is 2.46. The molecule has 0 aromatic carbocycles. The minimum absolute atomic E-state index is 0.00742. The van der Waals surface area contributed by atoms with E-state index in [-0.39, 0.29) is 17.6 Å². The highest BCUT2D eigenvalue weighted by molar-refractivity contribution is 9.09. The number of terminal acetylenes is 1. The Kier molecular flexibility index (Phi) is 5.77. The van der Waals surface area contributed by atoms with Gasteiger partial charge < -0.3 is 9.47 Å². The standard InChI is InChI=1S/C15H20BrClO2/c1-3-5-6-7-12-11(17)8-14-15(19-14)9-13(18-12)10(16)4-2/h1,5-6,10-15H,4,7-9H2,2H3/b6-5+/t10-,11+,12+,13+,14+,15-/m1/s1. The molecule has 0 unspecified atom stereocenters. The molecule has 19 heavy (non-hydrogen) atoms. The summed E-state index contributed by atoms with van der Waals surface area (Å²) in [5.41, 5.74) is 0. The summed E-state index contributed by atoms with van der Waals surface area (Å²) in [4.78, 5) is 0.346. The maximum Gasteiger partial charge on any atom is 0.0867 e. The molecule has 2 nitrogen and oxygen atoms in total. The molecule has 106 valence electrons. The van der Waals surface area contributed by atoms with Crippen molar-refractivity contribution in [3.05, 3.63) is 12.2 Å². The Labute approximate surface area is 129 Å². The summed E-state index contributed by atoms with van der Waals surface area (Å²) >= 11 is 10.2. The fourth-order valence-electron chi connectivity index (χ4n) is 2.53. The van der Waals surface area contributed by atoms with Crippen LogP contribution in [0.4, 0.5) is 0 Å². The van der Waals surface area contributed by atoms with Crippen LogP contribution in [0.3, 0.4) is 0 Å². The minimum atomic E-state index is -0.0169. The van der Waals surface area contributed by atoms with E-state index in [2.05, 4.69) is 28.8 Å². The van der Waals surface area contributed by atoms with Crippen molar-refractivity contribution in [1.82, 2.24) is 0 Å². The van der Waals surface area contributed by atoms with Crippen molar-refractivity contribution < 1.29 is 9.47 Å². The lowest BCUT2D eigenvalue weighted by atomic mass is 9.99. The van der Waals surface area contributed by atoms with Crippen LogP contribution in [0.15, 0.2) is 12.2 Å². The zero-order valence-electron chi connectivity index (χ0n) is 11.1. The number of hydrogen-bond donors (Lipinski definition) is 0. The van der Waals surface area contributed by atoms with Gasteiger partial charge in [-0.25, -0.2) is 0 Å². The molecule has 0 N–H and O–H groups in total. The number of epoxide rings is 1. The van der Waals surface area contributed by atoms with Gasteiger partial charge in [0.25, 0.3) is 0 Å². The molecule has 0 saturated carbocycles. The van der Waals surface area contributed by atoms with Gasteiger partial charge in [0.2, 0.25) is 0 Å². The van der Waals surface area contributed by atoms with Crippen LogP contribution < -0.4 is 0 Å². The third kappa shape index (κ3) is 4.23. The zero-order valence-corrected chi connectivity index (χ0v) is 13.4. The van der Waals surface area contributed by atoms with Gasteiger partial charge >= 0.3 is 0 Å². The van der Waals surface area contributed by atoms with Crippen LogP contribution in [-0.4, -0.2) is 34.6 Å². The molecule has 2 rings (SSSR count). The monoisotopic (exact) mass is 346 g/mol. The molecule has 0 aromatic heterocycles. The SMILES string of the molecule is C#C/C=C/C[C@@H]1O[C@H]([C@H](Br)CC)C[C@H]2O[C@H]2C[C@@H]1Cl. The Bertz CT molecular complexity index is 366. The zero-order chi connectivity index (χ0) is 13.8. The summed E-state index contributed by atoms with van der Waals surface area (Å²) in [5, 5.41) is -0.0169. The number of fused-ring (bicyclic) bond motifs is 1. The maximum atomic E-state index is 6.47. The van der Waals surface area contributed by atoms with Crippen LogP contribution in [0.2, 0.25) is 0 Å². The number of alkyl halides is 2. The largest absolute Gasteiger partial charge is 0.372 e. The summed E-state index contributed by atoms with van der Waals surface area (Å²) in [6.45, 7) is 2.15. The lowest BCUT2D eigenvalue weighted by molar-refractivity contribution is -0.0224. The van der Waals surface area contributed by atoms with Gasteiger partial charge in [0.1, 0.15) is 0 Å². The Balaban J connectivity index is 2.01. The van der Waals surface area contributed by atoms with Crippen LogP contribution in [0.1, 0.15) is 32.6 Å². The quantitative estimate of drug-likeness (QED) is 0.440. The molecule has 0 radical (unpaired) electrons. The van der Waals surface area contributed by atoms with E-state index in [0.29, 0.717) is 17.0 Å². The third-order valence-corrected chi connectivity index (χ3v) is 5.43. The molecule has 2 aliphatic heterocycles. The second kappa shape index (κ2) is 7.13. The Hall–Kier alpha value is -0.0100. The van der Waals surface area contributed by atoms with Gasteiger partial charge in [-0.15, -0.1) is 18.0 Å². The number of ether oxygens (including phenoxy) is 2. The molecule has 4 heteroatoms. The van der Waals surface area contributed by atoms with Gasteiger partial charge in [-0.1, -0.05) is 34.9 Å². The number of hydrogen-bond acceptors (Lipinski definition) is 2. The normalized spacial score (nSPS) is 40.0. The molecule has 2 fully saturated rings. The lowest BCUT2D eigenvalue weighted by Crippen LogP contribution is -2.37. The molecule has 0 aromatic rings. The van der Waals surface area contributed by atoms with Crippen molar-refractivity contribution in [2.45, 2.75) is 67.2 Å². The molecule has 2 heterocycles. The summed E-state index contributed by atoms with van der Waals surface area (Å²) in [5.74, 6) is 2.50. The van der Waals surface area contributed by atoms with Crippen molar-refractivity contribution in [3.8, 4) is 12.3 Å². The first-order valence-electron chi connectivity index (χ1n) is 6.85. The van der Waals surface area contributed by atoms with E-state index in [9.17, 15) is 0 Å².